The van der Waals surface area contributed by atoms with Crippen LogP contribution in [0.2, 0.25) is 0 Å². The lowest BCUT2D eigenvalue weighted by Crippen LogP contribution is -2.16. The molecule has 4 heteroatoms. The Morgan fingerprint density at radius 3 is 2.88 bits per heavy atom. The largest absolute Gasteiger partial charge is 0.490 e. The molecule has 0 heterocycles. The lowest BCUT2D eigenvalue weighted by Gasteiger charge is -2.14. The first-order chi connectivity index (χ1) is 8.20. The quantitative estimate of drug-likeness (QED) is 0.870. The molecule has 0 unspecified atom stereocenters. The Labute approximate surface area is 110 Å². The van der Waals surface area contributed by atoms with Crippen LogP contribution in [-0.2, 0) is 6.54 Å². The summed E-state index contributed by atoms with van der Waals surface area (Å²) in [5.74, 6) is 0.819. The van der Waals surface area contributed by atoms with E-state index in [1.165, 1.54) is 12.8 Å². The highest BCUT2D eigenvalue weighted by molar-refractivity contribution is 9.10. The fraction of sp³-hybridized carbons (Fsp3) is 0.538. The van der Waals surface area contributed by atoms with Crippen LogP contribution in [0.25, 0.3) is 0 Å². The minimum absolute atomic E-state index is 0.124. The summed E-state index contributed by atoms with van der Waals surface area (Å²) in [6, 6.07) is 4.69. The Bertz CT molecular complexity index is 393. The fourth-order valence-corrected chi connectivity index (χ4v) is 2.44. The van der Waals surface area contributed by atoms with E-state index in [0.29, 0.717) is 6.04 Å². The van der Waals surface area contributed by atoms with Crippen LogP contribution in [0.1, 0.15) is 24.0 Å². The van der Waals surface area contributed by atoms with Crippen LogP contribution < -0.4 is 10.1 Å². The number of benzene rings is 1. The predicted molar refractivity (Wildman–Crippen MR) is 70.2 cm³/mol. The van der Waals surface area contributed by atoms with Gasteiger partial charge in [-0.25, -0.2) is 4.39 Å². The van der Waals surface area contributed by atoms with Gasteiger partial charge in [0, 0.05) is 22.6 Å². The standard InChI is InChI=1S/C13H17BrFNO/c1-9-6-11(14)7-10(8-16-12-2-3-12)13(9)17-5-4-15/h6-7,12,16H,2-5,8H2,1H3. The zero-order valence-corrected chi connectivity index (χ0v) is 11.5. The van der Waals surface area contributed by atoms with E-state index in [-0.39, 0.29) is 6.61 Å². The number of ether oxygens (including phenoxy) is 1. The summed E-state index contributed by atoms with van der Waals surface area (Å²) in [6.07, 6.45) is 2.52. The van der Waals surface area contributed by atoms with Gasteiger partial charge >= 0.3 is 0 Å². The average Bonchev–Trinajstić information content (AvgIpc) is 3.08. The summed E-state index contributed by atoms with van der Waals surface area (Å²) in [7, 11) is 0. The predicted octanol–water partition coefficient (Wildman–Crippen LogP) is 3.36. The lowest BCUT2D eigenvalue weighted by molar-refractivity contribution is 0.269. The molecule has 0 aromatic heterocycles. The topological polar surface area (TPSA) is 21.3 Å². The molecule has 1 N–H and O–H groups in total. The van der Waals surface area contributed by atoms with E-state index in [4.69, 9.17) is 4.74 Å². The highest BCUT2D eigenvalue weighted by Crippen LogP contribution is 2.29. The van der Waals surface area contributed by atoms with E-state index in [1.807, 2.05) is 19.1 Å². The van der Waals surface area contributed by atoms with Gasteiger partial charge in [-0.15, -0.1) is 0 Å². The Hall–Kier alpha value is -0.610. The molecule has 1 aromatic carbocycles. The van der Waals surface area contributed by atoms with Gasteiger partial charge in [-0.3, -0.25) is 0 Å². The summed E-state index contributed by atoms with van der Waals surface area (Å²) in [4.78, 5) is 0. The molecule has 1 aliphatic rings. The Morgan fingerprint density at radius 2 is 2.24 bits per heavy atom. The molecule has 0 amide bonds. The van der Waals surface area contributed by atoms with Crippen LogP contribution in [0.3, 0.4) is 0 Å². The van der Waals surface area contributed by atoms with Crippen molar-refractivity contribution in [2.24, 2.45) is 0 Å². The number of halogens is 2. The number of nitrogens with one attached hydrogen (secondary N) is 1. The summed E-state index contributed by atoms with van der Waals surface area (Å²) in [5, 5.41) is 3.45. The minimum Gasteiger partial charge on any atom is -0.490 e. The molecule has 1 aromatic rings. The van der Waals surface area contributed by atoms with Crippen molar-refractivity contribution in [3.05, 3.63) is 27.7 Å². The van der Waals surface area contributed by atoms with Crippen molar-refractivity contribution in [1.29, 1.82) is 0 Å². The van der Waals surface area contributed by atoms with Crippen LogP contribution in [0.5, 0.6) is 5.75 Å². The number of aryl methyl sites for hydroxylation is 1. The molecule has 1 saturated carbocycles. The molecule has 94 valence electrons. The van der Waals surface area contributed by atoms with Crippen LogP contribution in [0, 0.1) is 6.92 Å². The number of hydrogen-bond acceptors (Lipinski definition) is 2. The molecule has 1 aliphatic carbocycles. The second-order valence-electron chi connectivity index (χ2n) is 4.40. The molecule has 0 atom stereocenters. The van der Waals surface area contributed by atoms with Gasteiger partial charge in [0.2, 0.25) is 0 Å². The zero-order chi connectivity index (χ0) is 12.3. The van der Waals surface area contributed by atoms with Gasteiger partial charge in [-0.05, 0) is 37.5 Å². The molecule has 0 aliphatic heterocycles. The maximum Gasteiger partial charge on any atom is 0.126 e. The van der Waals surface area contributed by atoms with Gasteiger partial charge in [0.05, 0.1) is 0 Å². The van der Waals surface area contributed by atoms with Crippen molar-refractivity contribution in [2.45, 2.75) is 32.4 Å². The van der Waals surface area contributed by atoms with Gasteiger partial charge in [-0.2, -0.15) is 0 Å². The average molecular weight is 302 g/mol. The normalized spacial score (nSPS) is 15.0. The Morgan fingerprint density at radius 1 is 1.47 bits per heavy atom. The van der Waals surface area contributed by atoms with Gasteiger partial charge in [-0.1, -0.05) is 15.9 Å². The van der Waals surface area contributed by atoms with Crippen LogP contribution >= 0.6 is 15.9 Å². The summed E-state index contributed by atoms with van der Waals surface area (Å²) in [5.41, 5.74) is 2.14. The van der Waals surface area contributed by atoms with E-state index >= 15 is 0 Å². The van der Waals surface area contributed by atoms with Gasteiger partial charge in [0.1, 0.15) is 19.0 Å². The molecular weight excluding hydrogens is 285 g/mol. The number of alkyl halides is 1. The van der Waals surface area contributed by atoms with Crippen molar-refractivity contribution in [1.82, 2.24) is 5.32 Å². The number of hydrogen-bond donors (Lipinski definition) is 1. The number of rotatable bonds is 6. The summed E-state index contributed by atoms with van der Waals surface area (Å²) < 4.78 is 18.7. The van der Waals surface area contributed by atoms with Crippen molar-refractivity contribution in [3.63, 3.8) is 0 Å². The molecule has 2 nitrogen and oxygen atoms in total. The summed E-state index contributed by atoms with van der Waals surface area (Å²) in [6.45, 7) is 2.44. The monoisotopic (exact) mass is 301 g/mol. The van der Waals surface area contributed by atoms with Gasteiger partial charge in [0.25, 0.3) is 0 Å². The van der Waals surface area contributed by atoms with E-state index in [9.17, 15) is 4.39 Å². The van der Waals surface area contributed by atoms with Gasteiger partial charge < -0.3 is 10.1 Å². The summed E-state index contributed by atoms with van der Waals surface area (Å²) >= 11 is 3.48. The van der Waals surface area contributed by atoms with Crippen LogP contribution in [0.4, 0.5) is 4.39 Å². The SMILES string of the molecule is Cc1cc(Br)cc(CNC2CC2)c1OCCF. The van der Waals surface area contributed by atoms with Crippen molar-refractivity contribution >= 4 is 15.9 Å². The highest BCUT2D eigenvalue weighted by Gasteiger charge is 2.21. The first-order valence-electron chi connectivity index (χ1n) is 5.92. The highest BCUT2D eigenvalue weighted by atomic mass is 79.9. The zero-order valence-electron chi connectivity index (χ0n) is 9.93. The van der Waals surface area contributed by atoms with E-state index < -0.39 is 6.67 Å². The second kappa shape index (κ2) is 5.83. The van der Waals surface area contributed by atoms with Gasteiger partial charge in [0.15, 0.2) is 0 Å². The molecule has 0 radical (unpaired) electrons. The van der Waals surface area contributed by atoms with Crippen LogP contribution in [-0.4, -0.2) is 19.3 Å². The third-order valence-electron chi connectivity index (χ3n) is 2.80. The Balaban J connectivity index is 2.12. The maximum atomic E-state index is 12.2. The first-order valence-corrected chi connectivity index (χ1v) is 6.71. The van der Waals surface area contributed by atoms with Crippen LogP contribution in [0.15, 0.2) is 16.6 Å². The Kier molecular flexibility index (Phi) is 4.40. The van der Waals surface area contributed by atoms with E-state index in [1.54, 1.807) is 0 Å². The lowest BCUT2D eigenvalue weighted by atomic mass is 10.1. The third-order valence-corrected chi connectivity index (χ3v) is 3.26. The molecule has 0 bridgehead atoms. The van der Waals surface area contributed by atoms with E-state index in [0.717, 1.165) is 27.9 Å². The maximum absolute atomic E-state index is 12.2. The molecular formula is C13H17BrFNO. The fourth-order valence-electron chi connectivity index (χ4n) is 1.82. The smallest absolute Gasteiger partial charge is 0.126 e. The van der Waals surface area contributed by atoms with E-state index in [2.05, 4.69) is 21.2 Å². The first kappa shape index (κ1) is 12.8. The molecule has 0 spiro atoms. The second-order valence-corrected chi connectivity index (χ2v) is 5.32. The van der Waals surface area contributed by atoms with Crippen molar-refractivity contribution in [2.75, 3.05) is 13.3 Å². The molecule has 17 heavy (non-hydrogen) atoms. The van der Waals surface area contributed by atoms with Crippen molar-refractivity contribution < 1.29 is 9.13 Å². The molecule has 2 rings (SSSR count). The minimum atomic E-state index is -0.453. The third kappa shape index (κ3) is 3.68. The molecule has 0 saturated heterocycles. The van der Waals surface area contributed by atoms with Crippen molar-refractivity contribution in [3.8, 4) is 5.75 Å². The molecule has 1 fully saturated rings.